The van der Waals surface area contributed by atoms with E-state index in [2.05, 4.69) is 10.3 Å². The Labute approximate surface area is 170 Å². The third kappa shape index (κ3) is 3.72. The van der Waals surface area contributed by atoms with Gasteiger partial charge in [-0.25, -0.2) is 9.78 Å². The van der Waals surface area contributed by atoms with Crippen LogP contribution in [-0.2, 0) is 16.1 Å². The predicted molar refractivity (Wildman–Crippen MR) is 107 cm³/mol. The Bertz CT molecular complexity index is 1050. The second-order valence-corrected chi connectivity index (χ2v) is 7.64. The van der Waals surface area contributed by atoms with Gasteiger partial charge in [-0.2, -0.15) is 0 Å². The number of esters is 1. The molecule has 28 heavy (non-hydrogen) atoms. The lowest BCUT2D eigenvalue weighted by Crippen LogP contribution is -2.30. The van der Waals surface area contributed by atoms with E-state index >= 15 is 0 Å². The number of amides is 1. The van der Waals surface area contributed by atoms with Crippen LogP contribution in [0.15, 0.2) is 48.7 Å². The van der Waals surface area contributed by atoms with Crippen molar-refractivity contribution < 1.29 is 19.1 Å². The number of aromatic nitrogens is 1. The lowest BCUT2D eigenvalue weighted by atomic mass is 10.1. The summed E-state index contributed by atoms with van der Waals surface area (Å²) in [7, 11) is 0. The Hall–Kier alpha value is -2.90. The highest BCUT2D eigenvalue weighted by Gasteiger charge is 2.25. The van der Waals surface area contributed by atoms with Gasteiger partial charge in [-0.3, -0.25) is 4.79 Å². The fourth-order valence-electron chi connectivity index (χ4n) is 2.75. The van der Waals surface area contributed by atoms with Crippen LogP contribution in [0.3, 0.4) is 0 Å². The SMILES string of the molecule is C[C@H](OC(=O)c1cc2c(s1)-c1ccccc1OC2)C(=O)Nc1ccc(Cl)cn1. The minimum Gasteiger partial charge on any atom is -0.488 e. The van der Waals surface area contributed by atoms with E-state index in [-0.39, 0.29) is 0 Å². The van der Waals surface area contributed by atoms with Crippen LogP contribution < -0.4 is 10.1 Å². The summed E-state index contributed by atoms with van der Waals surface area (Å²) in [6.45, 7) is 1.91. The number of pyridine rings is 1. The quantitative estimate of drug-likeness (QED) is 0.634. The maximum atomic E-state index is 12.5. The second-order valence-electron chi connectivity index (χ2n) is 6.15. The van der Waals surface area contributed by atoms with Gasteiger partial charge in [0.15, 0.2) is 6.10 Å². The highest BCUT2D eigenvalue weighted by Crippen LogP contribution is 2.42. The minimum absolute atomic E-state index is 0.331. The molecule has 0 fully saturated rings. The summed E-state index contributed by atoms with van der Waals surface area (Å²) in [6, 6.07) is 12.6. The van der Waals surface area contributed by atoms with E-state index in [1.165, 1.54) is 24.5 Å². The molecular formula is C20H15ClN2O4S. The number of hydrogen-bond acceptors (Lipinski definition) is 6. The number of halogens is 1. The van der Waals surface area contributed by atoms with Gasteiger partial charge in [-0.1, -0.05) is 23.7 Å². The van der Waals surface area contributed by atoms with Gasteiger partial charge in [0.05, 0.1) is 5.02 Å². The molecule has 1 amide bonds. The molecular weight excluding hydrogens is 400 g/mol. The highest BCUT2D eigenvalue weighted by molar-refractivity contribution is 7.17. The fourth-order valence-corrected chi connectivity index (χ4v) is 3.94. The molecule has 0 aliphatic carbocycles. The average molecular weight is 415 g/mol. The number of para-hydroxylation sites is 1. The molecule has 3 heterocycles. The molecule has 1 atom stereocenters. The first-order valence-corrected chi connectivity index (χ1v) is 9.69. The van der Waals surface area contributed by atoms with E-state index in [0.29, 0.717) is 22.3 Å². The minimum atomic E-state index is -0.979. The molecule has 0 spiro atoms. The number of benzene rings is 1. The normalized spacial score (nSPS) is 12.9. The van der Waals surface area contributed by atoms with Crippen LogP contribution in [0.5, 0.6) is 5.75 Å². The van der Waals surface area contributed by atoms with Crippen molar-refractivity contribution in [1.82, 2.24) is 4.98 Å². The van der Waals surface area contributed by atoms with Gasteiger partial charge in [0.25, 0.3) is 5.91 Å². The van der Waals surface area contributed by atoms with Crippen molar-refractivity contribution in [3.8, 4) is 16.2 Å². The predicted octanol–water partition coefficient (Wildman–Crippen LogP) is 4.54. The van der Waals surface area contributed by atoms with Crippen molar-refractivity contribution in [1.29, 1.82) is 0 Å². The Morgan fingerprint density at radius 1 is 1.29 bits per heavy atom. The fraction of sp³-hybridized carbons (Fsp3) is 0.150. The molecule has 0 saturated carbocycles. The number of carbonyl (C=O) groups is 2. The van der Waals surface area contributed by atoms with E-state index in [9.17, 15) is 9.59 Å². The number of ether oxygens (including phenoxy) is 2. The maximum Gasteiger partial charge on any atom is 0.349 e. The van der Waals surface area contributed by atoms with Gasteiger partial charge in [0, 0.05) is 22.2 Å². The van der Waals surface area contributed by atoms with Crippen LogP contribution in [0.4, 0.5) is 5.82 Å². The number of hydrogen-bond donors (Lipinski definition) is 1. The third-order valence-corrected chi connectivity index (χ3v) is 5.57. The standard InChI is InChI=1S/C20H15ClN2O4S/c1-11(19(24)23-17-7-6-13(21)9-22-17)27-20(25)16-8-12-10-26-15-5-3-2-4-14(15)18(12)28-16/h2-9,11H,10H2,1H3,(H,22,23,24)/t11-/m0/s1. The van der Waals surface area contributed by atoms with Crippen molar-refractivity contribution in [2.75, 3.05) is 5.32 Å². The summed E-state index contributed by atoms with van der Waals surface area (Å²) in [6.07, 6.45) is 0.442. The first-order valence-electron chi connectivity index (χ1n) is 8.49. The summed E-state index contributed by atoms with van der Waals surface area (Å²) < 4.78 is 11.0. The monoisotopic (exact) mass is 414 g/mol. The largest absolute Gasteiger partial charge is 0.488 e. The first-order chi connectivity index (χ1) is 13.5. The lowest BCUT2D eigenvalue weighted by Gasteiger charge is -2.16. The number of carbonyl (C=O) groups excluding carboxylic acids is 2. The second kappa shape index (κ2) is 7.61. The molecule has 0 bridgehead atoms. The Balaban J connectivity index is 1.45. The molecule has 0 radical (unpaired) electrons. The molecule has 4 rings (SSSR count). The summed E-state index contributed by atoms with van der Waals surface area (Å²) >= 11 is 7.10. The summed E-state index contributed by atoms with van der Waals surface area (Å²) in [5, 5.41) is 3.05. The van der Waals surface area contributed by atoms with E-state index < -0.39 is 18.0 Å². The number of nitrogens with one attached hydrogen (secondary N) is 1. The topological polar surface area (TPSA) is 77.5 Å². The van der Waals surface area contributed by atoms with Gasteiger partial charge < -0.3 is 14.8 Å². The number of fused-ring (bicyclic) bond motifs is 3. The lowest BCUT2D eigenvalue weighted by molar-refractivity contribution is -0.123. The van der Waals surface area contributed by atoms with Gasteiger partial charge in [-0.05, 0) is 37.3 Å². The smallest absolute Gasteiger partial charge is 0.349 e. The van der Waals surface area contributed by atoms with Crippen LogP contribution in [0, 0.1) is 0 Å². The number of anilines is 1. The van der Waals surface area contributed by atoms with E-state index in [1.807, 2.05) is 24.3 Å². The van der Waals surface area contributed by atoms with Crippen molar-refractivity contribution in [3.63, 3.8) is 0 Å². The molecule has 8 heteroatoms. The summed E-state index contributed by atoms with van der Waals surface area (Å²) in [5.74, 6) is 0.0967. The molecule has 1 N–H and O–H groups in total. The third-order valence-electron chi connectivity index (χ3n) is 4.16. The average Bonchev–Trinajstić information content (AvgIpc) is 3.14. The Morgan fingerprint density at radius 3 is 2.89 bits per heavy atom. The van der Waals surface area contributed by atoms with Crippen molar-refractivity contribution in [2.45, 2.75) is 19.6 Å². The zero-order valence-corrected chi connectivity index (χ0v) is 16.3. The van der Waals surface area contributed by atoms with Crippen LogP contribution in [0.2, 0.25) is 5.02 Å². The number of rotatable bonds is 4. The van der Waals surface area contributed by atoms with Gasteiger partial charge in [0.1, 0.15) is 23.1 Å². The molecule has 0 saturated heterocycles. The first kappa shape index (κ1) is 18.5. The molecule has 3 aromatic rings. The van der Waals surface area contributed by atoms with Crippen molar-refractivity contribution in [2.24, 2.45) is 0 Å². The zero-order valence-electron chi connectivity index (χ0n) is 14.8. The molecule has 1 aromatic carbocycles. The molecule has 2 aromatic heterocycles. The van der Waals surface area contributed by atoms with E-state index in [4.69, 9.17) is 21.1 Å². The Kier molecular flexibility index (Phi) is 5.02. The van der Waals surface area contributed by atoms with Crippen LogP contribution in [-0.4, -0.2) is 23.0 Å². The molecule has 1 aliphatic rings. The maximum absolute atomic E-state index is 12.5. The Morgan fingerprint density at radius 2 is 2.11 bits per heavy atom. The number of thiophene rings is 1. The molecule has 0 unspecified atom stereocenters. The highest BCUT2D eigenvalue weighted by atomic mass is 35.5. The van der Waals surface area contributed by atoms with Crippen LogP contribution in [0.25, 0.3) is 10.4 Å². The zero-order chi connectivity index (χ0) is 19.7. The number of nitrogens with zero attached hydrogens (tertiary/aromatic N) is 1. The molecule has 1 aliphatic heterocycles. The molecule has 142 valence electrons. The summed E-state index contributed by atoms with van der Waals surface area (Å²) in [4.78, 5) is 30.2. The summed E-state index contributed by atoms with van der Waals surface area (Å²) in [5.41, 5.74) is 1.88. The van der Waals surface area contributed by atoms with Crippen LogP contribution in [0.1, 0.15) is 22.2 Å². The van der Waals surface area contributed by atoms with Gasteiger partial charge in [-0.15, -0.1) is 11.3 Å². The van der Waals surface area contributed by atoms with Gasteiger partial charge >= 0.3 is 5.97 Å². The van der Waals surface area contributed by atoms with Crippen molar-refractivity contribution in [3.05, 3.63) is 64.1 Å². The van der Waals surface area contributed by atoms with Crippen molar-refractivity contribution >= 4 is 40.6 Å². The van der Waals surface area contributed by atoms with Crippen LogP contribution >= 0.6 is 22.9 Å². The van der Waals surface area contributed by atoms with E-state index in [0.717, 1.165) is 21.8 Å². The van der Waals surface area contributed by atoms with Gasteiger partial charge in [0.2, 0.25) is 0 Å². The molecule has 6 nitrogen and oxygen atoms in total. The van der Waals surface area contributed by atoms with E-state index in [1.54, 1.807) is 18.2 Å².